The Kier molecular flexibility index (Phi) is 5.22. The lowest BCUT2D eigenvalue weighted by molar-refractivity contribution is 0.102. The van der Waals surface area contributed by atoms with Gasteiger partial charge in [-0.25, -0.2) is 0 Å². The summed E-state index contributed by atoms with van der Waals surface area (Å²) >= 11 is 1.33. The summed E-state index contributed by atoms with van der Waals surface area (Å²) in [5.74, 6) is 0.606. The molecule has 6 nitrogen and oxygen atoms in total. The van der Waals surface area contributed by atoms with E-state index in [0.717, 1.165) is 16.1 Å². The molecule has 0 spiro atoms. The third-order valence-corrected chi connectivity index (χ3v) is 5.49. The van der Waals surface area contributed by atoms with Crippen LogP contribution in [0.4, 0.5) is 5.13 Å². The molecule has 2 aromatic heterocycles. The molecule has 0 atom stereocenters. The second-order valence-electron chi connectivity index (χ2n) is 6.97. The van der Waals surface area contributed by atoms with Crippen molar-refractivity contribution in [3.05, 3.63) is 71.5 Å². The molecule has 0 bridgehead atoms. The van der Waals surface area contributed by atoms with E-state index >= 15 is 0 Å². The molecule has 4 aromatic rings. The Labute approximate surface area is 172 Å². The lowest BCUT2D eigenvalue weighted by Gasteiger charge is -2.05. The second kappa shape index (κ2) is 7.97. The minimum absolute atomic E-state index is 0.319. The van der Waals surface area contributed by atoms with Gasteiger partial charge in [-0.15, -0.1) is 10.2 Å². The predicted molar refractivity (Wildman–Crippen MR) is 114 cm³/mol. The molecule has 0 saturated carbocycles. The second-order valence-corrected chi connectivity index (χ2v) is 7.95. The first kappa shape index (κ1) is 19.0. The molecule has 146 valence electrons. The maximum Gasteiger partial charge on any atom is 0.263 e. The highest BCUT2D eigenvalue weighted by molar-refractivity contribution is 7.18. The zero-order chi connectivity index (χ0) is 20.4. The Balaban J connectivity index is 1.56. The number of carbonyl (C=O) groups excluding carboxylic acids is 1. The molecular formula is C22H20N4O2S. The molecule has 0 radical (unpaired) electrons. The Morgan fingerprint density at radius 1 is 1.00 bits per heavy atom. The summed E-state index contributed by atoms with van der Waals surface area (Å²) in [4.78, 5) is 12.9. The van der Waals surface area contributed by atoms with Crippen LogP contribution in [0.15, 0.2) is 59.1 Å². The Hall–Kier alpha value is -3.32. The predicted octanol–water partition coefficient (Wildman–Crippen LogP) is 5.54. The van der Waals surface area contributed by atoms with Crippen molar-refractivity contribution in [2.24, 2.45) is 0 Å². The smallest absolute Gasteiger partial charge is 0.263 e. The number of hydrogen-bond donors (Lipinski definition) is 1. The van der Waals surface area contributed by atoms with Gasteiger partial charge in [-0.3, -0.25) is 10.1 Å². The molecule has 2 aromatic carbocycles. The van der Waals surface area contributed by atoms with Crippen molar-refractivity contribution in [3.8, 4) is 21.8 Å². The summed E-state index contributed by atoms with van der Waals surface area (Å²) < 4.78 is 5.27. The van der Waals surface area contributed by atoms with Crippen molar-refractivity contribution in [1.29, 1.82) is 0 Å². The quantitative estimate of drug-likeness (QED) is 0.472. The fourth-order valence-corrected chi connectivity index (χ4v) is 3.74. The molecule has 2 heterocycles. The maximum absolute atomic E-state index is 12.9. The van der Waals surface area contributed by atoms with Gasteiger partial charge in [-0.2, -0.15) is 0 Å². The summed E-state index contributed by atoms with van der Waals surface area (Å²) in [6, 6.07) is 17.7. The highest BCUT2D eigenvalue weighted by atomic mass is 32.1. The van der Waals surface area contributed by atoms with Gasteiger partial charge < -0.3 is 4.52 Å². The third-order valence-electron chi connectivity index (χ3n) is 4.61. The SMILES string of the molecule is Cc1onc(-c2ccccc2)c1C(=O)Nc1nnc(-c2ccc(C(C)C)cc2)s1. The number of nitrogens with one attached hydrogen (secondary N) is 1. The Morgan fingerprint density at radius 3 is 2.41 bits per heavy atom. The summed E-state index contributed by atoms with van der Waals surface area (Å²) in [6.45, 7) is 6.03. The van der Waals surface area contributed by atoms with Gasteiger partial charge in [0.15, 0.2) is 0 Å². The van der Waals surface area contributed by atoms with Crippen LogP contribution < -0.4 is 5.32 Å². The number of rotatable bonds is 5. The molecular weight excluding hydrogens is 384 g/mol. The fraction of sp³-hybridized carbons (Fsp3) is 0.182. The van der Waals surface area contributed by atoms with Crippen molar-refractivity contribution >= 4 is 22.4 Å². The number of carbonyl (C=O) groups is 1. The average molecular weight is 404 g/mol. The first-order valence-electron chi connectivity index (χ1n) is 9.30. The minimum atomic E-state index is -0.319. The topological polar surface area (TPSA) is 80.9 Å². The van der Waals surface area contributed by atoms with E-state index in [2.05, 4.69) is 46.7 Å². The zero-order valence-electron chi connectivity index (χ0n) is 16.3. The van der Waals surface area contributed by atoms with Crippen molar-refractivity contribution in [3.63, 3.8) is 0 Å². The number of benzene rings is 2. The lowest BCUT2D eigenvalue weighted by atomic mass is 10.0. The molecule has 0 aliphatic rings. The molecule has 0 unspecified atom stereocenters. The van der Waals surface area contributed by atoms with E-state index in [1.165, 1.54) is 16.9 Å². The molecule has 1 amide bonds. The van der Waals surface area contributed by atoms with Crippen LogP contribution in [-0.4, -0.2) is 21.3 Å². The number of aryl methyl sites for hydroxylation is 1. The van der Waals surface area contributed by atoms with Gasteiger partial charge in [0, 0.05) is 11.1 Å². The molecule has 4 rings (SSSR count). The van der Waals surface area contributed by atoms with Gasteiger partial charge in [0.05, 0.1) is 0 Å². The number of nitrogens with zero attached hydrogens (tertiary/aromatic N) is 3. The summed E-state index contributed by atoms with van der Waals surface area (Å²) in [6.07, 6.45) is 0. The van der Waals surface area contributed by atoms with Crippen molar-refractivity contribution in [2.75, 3.05) is 5.32 Å². The van der Waals surface area contributed by atoms with Crippen molar-refractivity contribution in [1.82, 2.24) is 15.4 Å². The molecule has 0 fully saturated rings. The van der Waals surface area contributed by atoms with Gasteiger partial charge in [0.2, 0.25) is 5.13 Å². The standard InChI is InChI=1S/C22H20N4O2S/c1-13(2)15-9-11-17(12-10-15)21-24-25-22(29-21)23-20(27)18-14(3)28-26-19(18)16-7-5-4-6-8-16/h4-13H,1-3H3,(H,23,25,27). The van der Waals surface area contributed by atoms with Crippen LogP contribution in [0.25, 0.3) is 21.8 Å². The van der Waals surface area contributed by atoms with E-state index < -0.39 is 0 Å². The summed E-state index contributed by atoms with van der Waals surface area (Å²) in [7, 11) is 0. The zero-order valence-corrected chi connectivity index (χ0v) is 17.2. The van der Waals surface area contributed by atoms with Crippen LogP contribution in [0, 0.1) is 6.92 Å². The summed E-state index contributed by atoms with van der Waals surface area (Å²) in [5, 5.41) is 16.4. The van der Waals surface area contributed by atoms with Crippen LogP contribution in [-0.2, 0) is 0 Å². The van der Waals surface area contributed by atoms with Gasteiger partial charge >= 0.3 is 0 Å². The largest absolute Gasteiger partial charge is 0.360 e. The van der Waals surface area contributed by atoms with E-state index in [-0.39, 0.29) is 5.91 Å². The molecule has 0 aliphatic carbocycles. The number of aromatic nitrogens is 3. The lowest BCUT2D eigenvalue weighted by Crippen LogP contribution is -2.13. The van der Waals surface area contributed by atoms with Crippen molar-refractivity contribution in [2.45, 2.75) is 26.7 Å². The maximum atomic E-state index is 12.9. The van der Waals surface area contributed by atoms with Gasteiger partial charge in [-0.05, 0) is 18.4 Å². The number of hydrogen-bond acceptors (Lipinski definition) is 6. The van der Waals surface area contributed by atoms with Crippen molar-refractivity contribution < 1.29 is 9.32 Å². The van der Waals surface area contributed by atoms with E-state index in [1.54, 1.807) is 6.92 Å². The van der Waals surface area contributed by atoms with E-state index in [0.29, 0.717) is 28.1 Å². The van der Waals surface area contributed by atoms with Crippen LogP contribution in [0.2, 0.25) is 0 Å². The van der Waals surface area contributed by atoms with Crippen LogP contribution >= 0.6 is 11.3 Å². The number of anilines is 1. The van der Waals surface area contributed by atoms with E-state index in [4.69, 9.17) is 4.52 Å². The normalized spacial score (nSPS) is 11.0. The van der Waals surface area contributed by atoms with Crippen LogP contribution in [0.5, 0.6) is 0 Å². The first-order valence-corrected chi connectivity index (χ1v) is 10.1. The first-order chi connectivity index (χ1) is 14.0. The van der Waals surface area contributed by atoms with Crippen LogP contribution in [0.1, 0.15) is 41.4 Å². The van der Waals surface area contributed by atoms with E-state index in [1.807, 2.05) is 42.5 Å². The summed E-state index contributed by atoms with van der Waals surface area (Å²) in [5.41, 5.74) is 3.96. The Morgan fingerprint density at radius 2 is 1.72 bits per heavy atom. The number of amides is 1. The molecule has 0 aliphatic heterocycles. The van der Waals surface area contributed by atoms with Crippen LogP contribution in [0.3, 0.4) is 0 Å². The molecule has 7 heteroatoms. The third kappa shape index (κ3) is 3.95. The highest BCUT2D eigenvalue weighted by Crippen LogP contribution is 2.30. The van der Waals surface area contributed by atoms with Gasteiger partial charge in [0.25, 0.3) is 5.91 Å². The van der Waals surface area contributed by atoms with E-state index in [9.17, 15) is 4.79 Å². The molecule has 1 N–H and O–H groups in total. The molecule has 29 heavy (non-hydrogen) atoms. The highest BCUT2D eigenvalue weighted by Gasteiger charge is 2.22. The average Bonchev–Trinajstić information content (AvgIpc) is 3.35. The van der Waals surface area contributed by atoms with Gasteiger partial charge in [0.1, 0.15) is 22.0 Å². The van der Waals surface area contributed by atoms with Gasteiger partial charge in [-0.1, -0.05) is 84.9 Å². The Bertz CT molecular complexity index is 1130. The molecule has 0 saturated heterocycles. The minimum Gasteiger partial charge on any atom is -0.360 e. The fourth-order valence-electron chi connectivity index (χ4n) is 2.99. The monoisotopic (exact) mass is 404 g/mol.